The van der Waals surface area contributed by atoms with Gasteiger partial charge in [-0.15, -0.1) is 11.3 Å². The van der Waals surface area contributed by atoms with Gasteiger partial charge in [0.2, 0.25) is 5.95 Å². The third-order valence-corrected chi connectivity index (χ3v) is 11.3. The van der Waals surface area contributed by atoms with E-state index in [-0.39, 0.29) is 0 Å². The van der Waals surface area contributed by atoms with Crippen molar-refractivity contribution in [3.05, 3.63) is 170 Å². The average Bonchev–Trinajstić information content (AvgIpc) is 3.85. The standard InChI is InChI=1S/C46H28N4S/c1-2-10-29(11-3-1)30-18-22-33(23-19-30)49-39-15-7-4-12-34(39)37-26-31(20-24-41(37)49)32-21-25-42-38(27-32)35-13-5-8-16-40(35)50(42)46-47-28-44-45(48-46)36-14-6-9-17-43(36)51-44/h1-28H. The zero-order valence-corrected chi connectivity index (χ0v) is 28.2. The molecule has 0 radical (unpaired) electrons. The number of hydrogen-bond donors (Lipinski definition) is 0. The first kappa shape index (κ1) is 28.3. The maximum Gasteiger partial charge on any atom is 0.235 e. The van der Waals surface area contributed by atoms with Crippen LogP contribution in [0.3, 0.4) is 0 Å². The van der Waals surface area contributed by atoms with E-state index < -0.39 is 0 Å². The Morgan fingerprint density at radius 3 is 1.63 bits per heavy atom. The number of nitrogens with zero attached hydrogens (tertiary/aromatic N) is 4. The SMILES string of the molecule is c1ccc(-c2ccc(-n3c4ccccc4c4cc(-c5ccc6c(c5)c5ccccc5n6-c5ncc6sc7ccccc7c6n5)ccc43)cc2)cc1. The molecule has 0 aliphatic rings. The molecule has 0 aliphatic heterocycles. The summed E-state index contributed by atoms with van der Waals surface area (Å²) < 4.78 is 6.92. The van der Waals surface area contributed by atoms with Gasteiger partial charge >= 0.3 is 0 Å². The average molecular weight is 669 g/mol. The molecule has 0 saturated carbocycles. The molecule has 0 spiro atoms. The molecule has 51 heavy (non-hydrogen) atoms. The Kier molecular flexibility index (Phi) is 6.09. The first-order valence-electron chi connectivity index (χ1n) is 17.2. The molecule has 7 aromatic carbocycles. The predicted octanol–water partition coefficient (Wildman–Crippen LogP) is 12.4. The Balaban J connectivity index is 1.06. The van der Waals surface area contributed by atoms with E-state index in [1.165, 1.54) is 64.9 Å². The van der Waals surface area contributed by atoms with E-state index >= 15 is 0 Å². The van der Waals surface area contributed by atoms with Gasteiger partial charge in [0.05, 0.1) is 38.5 Å². The van der Waals surface area contributed by atoms with Crippen molar-refractivity contribution in [2.24, 2.45) is 0 Å². The van der Waals surface area contributed by atoms with Gasteiger partial charge in [-0.05, 0) is 76.9 Å². The minimum absolute atomic E-state index is 0.691. The molecule has 238 valence electrons. The van der Waals surface area contributed by atoms with Crippen molar-refractivity contribution >= 4 is 75.3 Å². The molecule has 0 N–H and O–H groups in total. The zero-order valence-electron chi connectivity index (χ0n) is 27.4. The molecule has 11 aromatic rings. The second-order valence-electron chi connectivity index (χ2n) is 13.1. The highest BCUT2D eigenvalue weighted by Crippen LogP contribution is 2.39. The molecular formula is C46H28N4S. The molecule has 5 heteroatoms. The van der Waals surface area contributed by atoms with Crippen LogP contribution < -0.4 is 0 Å². The first-order chi connectivity index (χ1) is 25.3. The maximum atomic E-state index is 5.16. The van der Waals surface area contributed by atoms with Crippen molar-refractivity contribution in [3.63, 3.8) is 0 Å². The van der Waals surface area contributed by atoms with E-state index in [4.69, 9.17) is 9.97 Å². The topological polar surface area (TPSA) is 35.6 Å². The lowest BCUT2D eigenvalue weighted by atomic mass is 10.0. The van der Waals surface area contributed by atoms with Crippen LogP contribution >= 0.6 is 11.3 Å². The highest BCUT2D eigenvalue weighted by Gasteiger charge is 2.18. The van der Waals surface area contributed by atoms with Gasteiger partial charge in [-0.2, -0.15) is 0 Å². The lowest BCUT2D eigenvalue weighted by Gasteiger charge is -2.10. The summed E-state index contributed by atoms with van der Waals surface area (Å²) in [5.74, 6) is 0.691. The van der Waals surface area contributed by atoms with Crippen molar-refractivity contribution in [3.8, 4) is 33.9 Å². The van der Waals surface area contributed by atoms with E-state index in [1.807, 2.05) is 6.20 Å². The number of para-hydroxylation sites is 2. The molecule has 0 amide bonds. The quantitative estimate of drug-likeness (QED) is 0.187. The summed E-state index contributed by atoms with van der Waals surface area (Å²) in [7, 11) is 0. The third kappa shape index (κ3) is 4.32. The summed E-state index contributed by atoms with van der Waals surface area (Å²) in [6.45, 7) is 0. The van der Waals surface area contributed by atoms with E-state index in [9.17, 15) is 0 Å². The van der Waals surface area contributed by atoms with Gasteiger partial charge in [0.25, 0.3) is 0 Å². The Hall–Kier alpha value is -6.56. The smallest absolute Gasteiger partial charge is 0.235 e. The van der Waals surface area contributed by atoms with Crippen LogP contribution in [-0.4, -0.2) is 19.1 Å². The molecule has 0 atom stereocenters. The predicted molar refractivity (Wildman–Crippen MR) is 214 cm³/mol. The van der Waals surface area contributed by atoms with Crippen LogP contribution in [0.25, 0.3) is 97.8 Å². The van der Waals surface area contributed by atoms with Crippen molar-refractivity contribution < 1.29 is 0 Å². The second kappa shape index (κ2) is 11.0. The number of aromatic nitrogens is 4. The summed E-state index contributed by atoms with van der Waals surface area (Å²) in [5, 5.41) is 6.02. The van der Waals surface area contributed by atoms with E-state index in [1.54, 1.807) is 11.3 Å². The molecule has 0 saturated heterocycles. The fourth-order valence-corrected chi connectivity index (χ4v) is 8.85. The summed E-state index contributed by atoms with van der Waals surface area (Å²) in [5.41, 5.74) is 11.5. The van der Waals surface area contributed by atoms with Crippen LogP contribution in [0.2, 0.25) is 0 Å². The summed E-state index contributed by atoms with van der Waals surface area (Å²) in [6, 6.07) is 58.9. The molecule has 11 rings (SSSR count). The van der Waals surface area contributed by atoms with Crippen LogP contribution in [0.4, 0.5) is 0 Å². The largest absolute Gasteiger partial charge is 0.309 e. The number of thiophene rings is 1. The number of rotatable bonds is 4. The molecule has 0 fully saturated rings. The summed E-state index contributed by atoms with van der Waals surface area (Å²) >= 11 is 1.74. The molecular weight excluding hydrogens is 641 g/mol. The second-order valence-corrected chi connectivity index (χ2v) is 14.1. The Labute approximate surface area is 297 Å². The van der Waals surface area contributed by atoms with E-state index in [0.717, 1.165) is 26.9 Å². The van der Waals surface area contributed by atoms with Crippen LogP contribution in [0.1, 0.15) is 0 Å². The molecule has 4 nitrogen and oxygen atoms in total. The number of benzene rings is 7. The van der Waals surface area contributed by atoms with Gasteiger partial charge < -0.3 is 4.57 Å². The fourth-order valence-electron chi connectivity index (χ4n) is 7.84. The van der Waals surface area contributed by atoms with Gasteiger partial charge in [0.15, 0.2) is 0 Å². The van der Waals surface area contributed by atoms with Crippen molar-refractivity contribution in [2.75, 3.05) is 0 Å². The van der Waals surface area contributed by atoms with Crippen LogP contribution in [0, 0.1) is 0 Å². The van der Waals surface area contributed by atoms with Crippen LogP contribution in [0.15, 0.2) is 170 Å². The highest BCUT2D eigenvalue weighted by molar-refractivity contribution is 7.25. The Morgan fingerprint density at radius 1 is 0.392 bits per heavy atom. The monoisotopic (exact) mass is 668 g/mol. The number of fused-ring (bicyclic) bond motifs is 9. The van der Waals surface area contributed by atoms with Gasteiger partial charge in [0.1, 0.15) is 0 Å². The van der Waals surface area contributed by atoms with Gasteiger partial charge in [-0.3, -0.25) is 4.57 Å². The fraction of sp³-hybridized carbons (Fsp3) is 0. The van der Waals surface area contributed by atoms with Gasteiger partial charge in [-0.1, -0.05) is 109 Å². The zero-order chi connectivity index (χ0) is 33.5. The Morgan fingerprint density at radius 2 is 0.922 bits per heavy atom. The van der Waals surface area contributed by atoms with Crippen molar-refractivity contribution in [1.82, 2.24) is 19.1 Å². The third-order valence-electron chi connectivity index (χ3n) is 10.2. The van der Waals surface area contributed by atoms with Crippen LogP contribution in [0.5, 0.6) is 0 Å². The number of hydrogen-bond acceptors (Lipinski definition) is 3. The minimum atomic E-state index is 0.691. The molecule has 0 bridgehead atoms. The van der Waals surface area contributed by atoms with Gasteiger partial charge in [0, 0.05) is 37.3 Å². The molecule has 4 heterocycles. The maximum absolute atomic E-state index is 5.16. The van der Waals surface area contributed by atoms with Gasteiger partial charge in [-0.25, -0.2) is 9.97 Å². The molecule has 0 unspecified atom stereocenters. The van der Waals surface area contributed by atoms with E-state index in [0.29, 0.717) is 5.95 Å². The first-order valence-corrected chi connectivity index (χ1v) is 18.0. The van der Waals surface area contributed by atoms with E-state index in [2.05, 4.69) is 173 Å². The highest BCUT2D eigenvalue weighted by atomic mass is 32.1. The minimum Gasteiger partial charge on any atom is -0.309 e. The molecule has 4 aromatic heterocycles. The summed E-state index contributed by atoms with van der Waals surface area (Å²) in [6.07, 6.45) is 1.97. The van der Waals surface area contributed by atoms with Crippen LogP contribution in [-0.2, 0) is 0 Å². The molecule has 0 aliphatic carbocycles. The summed E-state index contributed by atoms with van der Waals surface area (Å²) in [4.78, 5) is 10.1. The Bertz CT molecular complexity index is 3130. The normalized spacial score (nSPS) is 11.9. The lowest BCUT2D eigenvalue weighted by Crippen LogP contribution is -2.00. The van der Waals surface area contributed by atoms with Crippen molar-refractivity contribution in [1.29, 1.82) is 0 Å². The van der Waals surface area contributed by atoms with Crippen molar-refractivity contribution in [2.45, 2.75) is 0 Å². The lowest BCUT2D eigenvalue weighted by molar-refractivity contribution is 1.01.